The van der Waals surface area contributed by atoms with Crippen molar-refractivity contribution >= 4 is 28.2 Å². The third-order valence-electron chi connectivity index (χ3n) is 6.27. The summed E-state index contributed by atoms with van der Waals surface area (Å²) < 4.78 is 16.0. The second-order valence-electron chi connectivity index (χ2n) is 8.50. The van der Waals surface area contributed by atoms with E-state index in [0.29, 0.717) is 28.5 Å². The van der Waals surface area contributed by atoms with Crippen molar-refractivity contribution in [3.8, 4) is 22.6 Å². The molecular weight excluding hydrogens is 462 g/mol. The van der Waals surface area contributed by atoms with Gasteiger partial charge in [-0.25, -0.2) is 4.79 Å². The smallest absolute Gasteiger partial charge is 0.341 e. The Morgan fingerprint density at radius 1 is 0.971 bits per heavy atom. The minimum Gasteiger partial charge on any atom is -0.493 e. The predicted octanol–water partition coefficient (Wildman–Crippen LogP) is 6.06. The summed E-state index contributed by atoms with van der Waals surface area (Å²) in [7, 11) is 3.17. The first-order chi connectivity index (χ1) is 17.0. The lowest BCUT2D eigenvalue weighted by atomic mass is 9.89. The van der Waals surface area contributed by atoms with Gasteiger partial charge in [0.05, 0.1) is 20.8 Å². The van der Waals surface area contributed by atoms with Crippen LogP contribution in [0, 0.1) is 0 Å². The zero-order valence-electron chi connectivity index (χ0n) is 20.4. The van der Waals surface area contributed by atoms with Gasteiger partial charge in [0.1, 0.15) is 10.6 Å². The Labute approximate surface area is 210 Å². The number of methoxy groups -OCH3 is 2. The molecule has 0 atom stereocenters. The SMILES string of the molecule is CCOC(=O)c1c(-c2ccc3c(c2)CCCC3)csc1NC(=O)CCc1ccc(OC)c(OC)c1. The Morgan fingerprint density at radius 3 is 2.49 bits per heavy atom. The Balaban J connectivity index is 1.53. The molecule has 1 heterocycles. The number of ether oxygens (including phenoxy) is 3. The molecule has 0 radical (unpaired) electrons. The molecule has 0 bridgehead atoms. The molecule has 0 saturated carbocycles. The zero-order valence-corrected chi connectivity index (χ0v) is 21.3. The van der Waals surface area contributed by atoms with Gasteiger partial charge in [-0.05, 0) is 73.4 Å². The molecule has 0 saturated heterocycles. The summed E-state index contributed by atoms with van der Waals surface area (Å²) in [5, 5.41) is 5.40. The summed E-state index contributed by atoms with van der Waals surface area (Å²) in [5.41, 5.74) is 5.90. The normalized spacial score (nSPS) is 12.5. The van der Waals surface area contributed by atoms with Crippen molar-refractivity contribution in [1.29, 1.82) is 0 Å². The van der Waals surface area contributed by atoms with E-state index < -0.39 is 5.97 Å². The van der Waals surface area contributed by atoms with Crippen LogP contribution >= 0.6 is 11.3 Å². The number of rotatable bonds is 9. The highest BCUT2D eigenvalue weighted by Crippen LogP contribution is 2.38. The molecule has 184 valence electrons. The Kier molecular flexibility index (Phi) is 8.08. The van der Waals surface area contributed by atoms with Crippen LogP contribution in [0.1, 0.15) is 53.2 Å². The van der Waals surface area contributed by atoms with Crippen LogP contribution < -0.4 is 14.8 Å². The van der Waals surface area contributed by atoms with E-state index in [1.54, 1.807) is 21.1 Å². The van der Waals surface area contributed by atoms with Gasteiger partial charge in [0.15, 0.2) is 11.5 Å². The van der Waals surface area contributed by atoms with E-state index in [0.717, 1.165) is 29.5 Å². The number of benzene rings is 2. The van der Waals surface area contributed by atoms with Gasteiger partial charge in [0.2, 0.25) is 5.91 Å². The average molecular weight is 494 g/mol. The standard InChI is InChI=1S/C28H31NO5S/c1-4-34-28(31)26-22(21-12-11-19-7-5-6-8-20(19)16-21)17-35-27(26)29-25(30)14-10-18-9-13-23(32-2)24(15-18)33-3/h9,11-13,15-17H,4-8,10,14H2,1-3H3,(H,29,30). The molecule has 1 aromatic heterocycles. The molecule has 0 spiro atoms. The molecule has 1 amide bonds. The van der Waals surface area contributed by atoms with Crippen molar-refractivity contribution in [2.75, 3.05) is 26.1 Å². The van der Waals surface area contributed by atoms with Crippen molar-refractivity contribution in [1.82, 2.24) is 0 Å². The lowest BCUT2D eigenvalue weighted by molar-refractivity contribution is -0.116. The second-order valence-corrected chi connectivity index (χ2v) is 9.38. The fourth-order valence-corrected chi connectivity index (χ4v) is 5.43. The lowest BCUT2D eigenvalue weighted by Gasteiger charge is -2.17. The number of thiophene rings is 1. The molecule has 0 fully saturated rings. The van der Waals surface area contributed by atoms with E-state index in [1.165, 1.54) is 35.3 Å². The first-order valence-corrected chi connectivity index (χ1v) is 12.8. The van der Waals surface area contributed by atoms with Crippen molar-refractivity contribution in [3.63, 3.8) is 0 Å². The van der Waals surface area contributed by atoms with Gasteiger partial charge in [0.25, 0.3) is 0 Å². The molecule has 1 aliphatic carbocycles. The van der Waals surface area contributed by atoms with E-state index >= 15 is 0 Å². The topological polar surface area (TPSA) is 73.9 Å². The van der Waals surface area contributed by atoms with Crippen molar-refractivity contribution in [3.05, 3.63) is 64.0 Å². The Hall–Kier alpha value is -3.32. The highest BCUT2D eigenvalue weighted by Gasteiger charge is 2.23. The first-order valence-electron chi connectivity index (χ1n) is 12.0. The van der Waals surface area contributed by atoms with Crippen LogP contribution in [0.2, 0.25) is 0 Å². The monoisotopic (exact) mass is 493 g/mol. The van der Waals surface area contributed by atoms with Gasteiger partial charge >= 0.3 is 5.97 Å². The number of amides is 1. The van der Waals surface area contributed by atoms with Crippen LogP contribution in [0.4, 0.5) is 5.00 Å². The number of aryl methyl sites for hydroxylation is 3. The maximum absolute atomic E-state index is 12.9. The summed E-state index contributed by atoms with van der Waals surface area (Å²) >= 11 is 1.35. The average Bonchev–Trinajstić information content (AvgIpc) is 3.30. The number of carbonyl (C=O) groups is 2. The van der Waals surface area contributed by atoms with Gasteiger partial charge in [-0.15, -0.1) is 11.3 Å². The third kappa shape index (κ3) is 5.68. The number of hydrogen-bond acceptors (Lipinski definition) is 6. The quantitative estimate of drug-likeness (QED) is 0.367. The van der Waals surface area contributed by atoms with Crippen LogP contribution in [0.3, 0.4) is 0 Å². The number of anilines is 1. The Morgan fingerprint density at radius 2 is 1.74 bits per heavy atom. The van der Waals surface area contributed by atoms with E-state index in [2.05, 4.69) is 23.5 Å². The molecule has 6 nitrogen and oxygen atoms in total. The maximum atomic E-state index is 12.9. The minimum atomic E-state index is -0.420. The van der Waals surface area contributed by atoms with E-state index in [-0.39, 0.29) is 18.9 Å². The molecule has 4 rings (SSSR count). The summed E-state index contributed by atoms with van der Waals surface area (Å²) in [6, 6.07) is 12.0. The fourth-order valence-electron chi connectivity index (χ4n) is 4.45. The maximum Gasteiger partial charge on any atom is 0.341 e. The Bertz CT molecular complexity index is 1220. The number of fused-ring (bicyclic) bond motifs is 1. The molecule has 1 aliphatic rings. The molecule has 0 aliphatic heterocycles. The van der Waals surface area contributed by atoms with Gasteiger partial charge in [-0.2, -0.15) is 0 Å². The predicted molar refractivity (Wildman–Crippen MR) is 139 cm³/mol. The van der Waals surface area contributed by atoms with Crippen molar-refractivity contribution < 1.29 is 23.8 Å². The number of esters is 1. The largest absolute Gasteiger partial charge is 0.493 e. The number of nitrogens with one attached hydrogen (secondary N) is 1. The summed E-state index contributed by atoms with van der Waals surface area (Å²) in [5.74, 6) is 0.692. The minimum absolute atomic E-state index is 0.163. The van der Waals surface area contributed by atoms with Gasteiger partial charge < -0.3 is 19.5 Å². The van der Waals surface area contributed by atoms with Gasteiger partial charge in [-0.1, -0.05) is 24.3 Å². The van der Waals surface area contributed by atoms with Crippen molar-refractivity contribution in [2.45, 2.75) is 45.4 Å². The molecule has 7 heteroatoms. The molecule has 3 aromatic rings. The number of carbonyl (C=O) groups excluding carboxylic acids is 2. The van der Waals surface area contributed by atoms with E-state index in [4.69, 9.17) is 14.2 Å². The lowest BCUT2D eigenvalue weighted by Crippen LogP contribution is -2.15. The van der Waals surface area contributed by atoms with Crippen LogP contribution in [-0.4, -0.2) is 32.7 Å². The fraction of sp³-hybridized carbons (Fsp3) is 0.357. The first kappa shape index (κ1) is 24.8. The van der Waals surface area contributed by atoms with Crippen LogP contribution in [0.25, 0.3) is 11.1 Å². The summed E-state index contributed by atoms with van der Waals surface area (Å²) in [4.78, 5) is 25.7. The van der Waals surface area contributed by atoms with E-state index in [1.807, 2.05) is 23.6 Å². The van der Waals surface area contributed by atoms with Crippen LogP contribution in [-0.2, 0) is 28.8 Å². The highest BCUT2D eigenvalue weighted by molar-refractivity contribution is 7.15. The van der Waals surface area contributed by atoms with Gasteiger partial charge in [-0.3, -0.25) is 4.79 Å². The molecule has 2 aromatic carbocycles. The van der Waals surface area contributed by atoms with Crippen LogP contribution in [0.5, 0.6) is 11.5 Å². The summed E-state index contributed by atoms with van der Waals surface area (Å²) in [6.45, 7) is 2.05. The zero-order chi connectivity index (χ0) is 24.8. The molecular formula is C28H31NO5S. The third-order valence-corrected chi connectivity index (χ3v) is 7.17. The molecule has 1 N–H and O–H groups in total. The molecule has 0 unspecified atom stereocenters. The molecule has 35 heavy (non-hydrogen) atoms. The van der Waals surface area contributed by atoms with E-state index in [9.17, 15) is 9.59 Å². The van der Waals surface area contributed by atoms with Crippen molar-refractivity contribution in [2.24, 2.45) is 0 Å². The van der Waals surface area contributed by atoms with Crippen LogP contribution in [0.15, 0.2) is 41.8 Å². The number of hydrogen-bond donors (Lipinski definition) is 1. The summed E-state index contributed by atoms with van der Waals surface area (Å²) in [6.07, 6.45) is 5.37. The van der Waals surface area contributed by atoms with Gasteiger partial charge in [0, 0.05) is 17.4 Å². The second kappa shape index (κ2) is 11.4. The highest BCUT2D eigenvalue weighted by atomic mass is 32.1.